The number of halogens is 1. The summed E-state index contributed by atoms with van der Waals surface area (Å²) in [5.41, 5.74) is 2.04. The first-order chi connectivity index (χ1) is 10.4. The van der Waals surface area contributed by atoms with Crippen LogP contribution in [-0.4, -0.2) is 28.3 Å². The van der Waals surface area contributed by atoms with Crippen LogP contribution in [0.2, 0.25) is 5.02 Å². The number of hydrogen-bond acceptors (Lipinski definition) is 3. The number of aryl methyl sites for hydroxylation is 2. The van der Waals surface area contributed by atoms with Crippen molar-refractivity contribution in [1.29, 1.82) is 0 Å². The molecule has 0 atom stereocenters. The van der Waals surface area contributed by atoms with Gasteiger partial charge in [-0.2, -0.15) is 0 Å². The summed E-state index contributed by atoms with van der Waals surface area (Å²) in [6, 6.07) is 3.69. The molecule has 0 heterocycles. The van der Waals surface area contributed by atoms with E-state index in [4.69, 9.17) is 11.6 Å². The fraction of sp³-hybridized carbons (Fsp3) is 0.471. The maximum Gasteiger partial charge on any atom is 0.207 e. The van der Waals surface area contributed by atoms with E-state index in [1.54, 1.807) is 6.08 Å². The summed E-state index contributed by atoms with van der Waals surface area (Å²) in [4.78, 5) is 11.0. The highest BCUT2D eigenvalue weighted by molar-refractivity contribution is 6.30. The first kappa shape index (κ1) is 16.8. The Balaban J connectivity index is 2.39. The fourth-order valence-corrected chi connectivity index (χ4v) is 3.43. The molecule has 120 valence electrons. The highest BCUT2D eigenvalue weighted by Crippen LogP contribution is 2.35. The van der Waals surface area contributed by atoms with Gasteiger partial charge in [-0.25, -0.2) is 0 Å². The van der Waals surface area contributed by atoms with Gasteiger partial charge in [0.05, 0.1) is 11.6 Å². The van der Waals surface area contributed by atoms with E-state index in [9.17, 15) is 15.0 Å². The van der Waals surface area contributed by atoms with E-state index in [2.05, 4.69) is 5.32 Å². The van der Waals surface area contributed by atoms with Crippen molar-refractivity contribution in [3.63, 3.8) is 0 Å². The van der Waals surface area contributed by atoms with Crippen molar-refractivity contribution in [3.8, 4) is 0 Å². The van der Waals surface area contributed by atoms with Crippen LogP contribution in [0.4, 0.5) is 0 Å². The van der Waals surface area contributed by atoms with Crippen molar-refractivity contribution >= 4 is 24.1 Å². The van der Waals surface area contributed by atoms with Crippen LogP contribution < -0.4 is 5.32 Å². The lowest BCUT2D eigenvalue weighted by Gasteiger charge is -2.38. The molecule has 1 saturated carbocycles. The number of aliphatic hydroxyl groups excluding tert-OH is 2. The number of benzene rings is 1. The van der Waals surface area contributed by atoms with Gasteiger partial charge in [0.1, 0.15) is 5.76 Å². The zero-order valence-corrected chi connectivity index (χ0v) is 13.7. The normalized spacial score (nSPS) is 25.8. The molecule has 0 bridgehead atoms. The lowest BCUT2D eigenvalue weighted by molar-refractivity contribution is -0.111. The highest BCUT2D eigenvalue weighted by atomic mass is 35.5. The van der Waals surface area contributed by atoms with Crippen LogP contribution in [0, 0.1) is 13.8 Å². The Kier molecular flexibility index (Phi) is 5.14. The summed E-state index contributed by atoms with van der Waals surface area (Å²) >= 11 is 6.03. The van der Waals surface area contributed by atoms with E-state index in [0.29, 0.717) is 37.1 Å². The first-order valence-electron chi connectivity index (χ1n) is 7.45. The number of amides is 1. The van der Waals surface area contributed by atoms with E-state index in [-0.39, 0.29) is 11.9 Å². The van der Waals surface area contributed by atoms with E-state index in [1.165, 1.54) is 0 Å². The summed E-state index contributed by atoms with van der Waals surface area (Å²) < 4.78 is 0. The third kappa shape index (κ3) is 3.45. The zero-order chi connectivity index (χ0) is 16.3. The third-order valence-corrected chi connectivity index (χ3v) is 4.69. The molecule has 0 radical (unpaired) electrons. The summed E-state index contributed by atoms with van der Waals surface area (Å²) in [7, 11) is 0. The standard InChI is InChI=1S/C17H22ClNO3/c1-11-7-13(18)8-12(2)15(11)9-16(22)17(19-10-20)5-3-14(21)4-6-17/h7-10,14,21-22H,3-6H2,1-2H3,(H,19,20)/b16-9-. The highest BCUT2D eigenvalue weighted by Gasteiger charge is 2.38. The van der Waals surface area contributed by atoms with E-state index >= 15 is 0 Å². The van der Waals surface area contributed by atoms with Crippen LogP contribution in [-0.2, 0) is 4.79 Å². The summed E-state index contributed by atoms with van der Waals surface area (Å²) in [6.45, 7) is 3.87. The van der Waals surface area contributed by atoms with Crippen LogP contribution in [0.25, 0.3) is 6.08 Å². The fourth-order valence-electron chi connectivity index (χ4n) is 3.11. The van der Waals surface area contributed by atoms with Crippen LogP contribution in [0.1, 0.15) is 42.4 Å². The Morgan fingerprint density at radius 3 is 2.36 bits per heavy atom. The molecular formula is C17H22ClNO3. The molecule has 1 aliphatic carbocycles. The Labute approximate surface area is 135 Å². The van der Waals surface area contributed by atoms with Gasteiger partial charge < -0.3 is 15.5 Å². The number of nitrogens with one attached hydrogen (secondary N) is 1. The maximum atomic E-state index is 11.0. The Bertz CT molecular complexity index is 567. The van der Waals surface area contributed by atoms with Crippen molar-refractivity contribution in [1.82, 2.24) is 5.32 Å². The largest absolute Gasteiger partial charge is 0.510 e. The van der Waals surface area contributed by atoms with E-state index in [1.807, 2.05) is 26.0 Å². The molecule has 0 aliphatic heterocycles. The summed E-state index contributed by atoms with van der Waals surface area (Å²) in [5, 5.41) is 23.7. The molecule has 1 amide bonds. The monoisotopic (exact) mass is 323 g/mol. The van der Waals surface area contributed by atoms with Gasteiger partial charge in [-0.05, 0) is 74.4 Å². The number of carbonyl (C=O) groups is 1. The average molecular weight is 324 g/mol. The van der Waals surface area contributed by atoms with Crippen molar-refractivity contribution in [3.05, 3.63) is 39.6 Å². The van der Waals surface area contributed by atoms with Gasteiger partial charge in [0.15, 0.2) is 0 Å². The van der Waals surface area contributed by atoms with Crippen LogP contribution in [0.15, 0.2) is 17.9 Å². The van der Waals surface area contributed by atoms with Crippen LogP contribution in [0.3, 0.4) is 0 Å². The molecule has 1 aliphatic rings. The number of rotatable bonds is 4. The van der Waals surface area contributed by atoms with E-state index in [0.717, 1.165) is 16.7 Å². The molecule has 0 aromatic heterocycles. The SMILES string of the molecule is Cc1cc(Cl)cc(C)c1/C=C(\O)C1(NC=O)CCC(O)CC1. The van der Waals surface area contributed by atoms with Crippen molar-refractivity contribution in [2.24, 2.45) is 0 Å². The van der Waals surface area contributed by atoms with Gasteiger partial charge in [-0.1, -0.05) is 11.6 Å². The molecule has 2 rings (SSSR count). The lowest BCUT2D eigenvalue weighted by atomic mass is 9.78. The number of carbonyl (C=O) groups excluding carboxylic acids is 1. The third-order valence-electron chi connectivity index (χ3n) is 4.47. The molecule has 0 saturated heterocycles. The Hall–Kier alpha value is -1.52. The summed E-state index contributed by atoms with van der Waals surface area (Å²) in [6.07, 6.45) is 4.09. The molecule has 0 spiro atoms. The van der Waals surface area contributed by atoms with Gasteiger partial charge in [-0.15, -0.1) is 0 Å². The Morgan fingerprint density at radius 2 is 1.86 bits per heavy atom. The predicted octanol–water partition coefficient (Wildman–Crippen LogP) is 3.28. The molecule has 1 aromatic rings. The first-order valence-corrected chi connectivity index (χ1v) is 7.83. The lowest BCUT2D eigenvalue weighted by Crippen LogP contribution is -2.49. The zero-order valence-electron chi connectivity index (χ0n) is 12.9. The molecule has 3 N–H and O–H groups in total. The van der Waals surface area contributed by atoms with Gasteiger partial charge in [-0.3, -0.25) is 4.79 Å². The predicted molar refractivity (Wildman–Crippen MR) is 87.9 cm³/mol. The second-order valence-corrected chi connectivity index (χ2v) is 6.49. The minimum Gasteiger partial charge on any atom is -0.510 e. The van der Waals surface area contributed by atoms with E-state index < -0.39 is 5.54 Å². The molecule has 0 unspecified atom stereocenters. The van der Waals surface area contributed by atoms with Crippen molar-refractivity contribution in [2.75, 3.05) is 0 Å². The second-order valence-electron chi connectivity index (χ2n) is 6.06. The number of aliphatic hydroxyl groups is 2. The maximum absolute atomic E-state index is 11.0. The molecule has 1 aromatic carbocycles. The van der Waals surface area contributed by atoms with Crippen molar-refractivity contribution in [2.45, 2.75) is 51.2 Å². The van der Waals surface area contributed by atoms with Gasteiger partial charge in [0, 0.05) is 5.02 Å². The quantitative estimate of drug-likeness (QED) is 0.588. The topological polar surface area (TPSA) is 69.6 Å². The minimum absolute atomic E-state index is 0.125. The molecule has 4 nitrogen and oxygen atoms in total. The number of hydrogen-bond donors (Lipinski definition) is 3. The Morgan fingerprint density at radius 1 is 1.32 bits per heavy atom. The minimum atomic E-state index is -0.792. The van der Waals surface area contributed by atoms with Crippen molar-refractivity contribution < 1.29 is 15.0 Å². The smallest absolute Gasteiger partial charge is 0.207 e. The van der Waals surface area contributed by atoms with Crippen LogP contribution >= 0.6 is 11.6 Å². The molecule has 1 fully saturated rings. The molecular weight excluding hydrogens is 302 g/mol. The molecule has 22 heavy (non-hydrogen) atoms. The summed E-state index contributed by atoms with van der Waals surface area (Å²) in [5.74, 6) is 0.125. The van der Waals surface area contributed by atoms with Gasteiger partial charge >= 0.3 is 0 Å². The second kappa shape index (κ2) is 6.71. The van der Waals surface area contributed by atoms with Gasteiger partial charge in [0.2, 0.25) is 6.41 Å². The van der Waals surface area contributed by atoms with Gasteiger partial charge in [0.25, 0.3) is 0 Å². The average Bonchev–Trinajstić information content (AvgIpc) is 2.45. The van der Waals surface area contributed by atoms with Crippen LogP contribution in [0.5, 0.6) is 0 Å². The molecule has 5 heteroatoms.